The number of likely N-dealkylation sites (N-methyl/N-ethyl adjacent to an activating group) is 1. The van der Waals surface area contributed by atoms with Gasteiger partial charge in [0.15, 0.2) is 0 Å². The van der Waals surface area contributed by atoms with E-state index in [0.29, 0.717) is 30.0 Å². The third-order valence-electron chi connectivity index (χ3n) is 6.21. The van der Waals surface area contributed by atoms with Crippen molar-refractivity contribution in [3.05, 3.63) is 87.3 Å². The molecule has 0 radical (unpaired) electrons. The molecule has 1 aliphatic heterocycles. The number of anilines is 1. The van der Waals surface area contributed by atoms with Crippen LogP contribution in [0.3, 0.4) is 0 Å². The molecular weight excluding hydrogens is 436 g/mol. The molecule has 172 valence electrons. The van der Waals surface area contributed by atoms with E-state index in [1.807, 2.05) is 73.3 Å². The second-order valence-electron chi connectivity index (χ2n) is 9.01. The van der Waals surface area contributed by atoms with Crippen LogP contribution in [-0.4, -0.2) is 54.0 Å². The number of amides is 1. The molecular formula is C26H29ClN4O2. The Morgan fingerprint density at radius 2 is 1.97 bits per heavy atom. The van der Waals surface area contributed by atoms with Crippen LogP contribution in [0.15, 0.2) is 65.6 Å². The van der Waals surface area contributed by atoms with E-state index in [-0.39, 0.29) is 11.5 Å². The third kappa shape index (κ3) is 4.54. The molecule has 2 heterocycles. The fourth-order valence-corrected chi connectivity index (χ4v) is 4.54. The summed E-state index contributed by atoms with van der Waals surface area (Å²) >= 11 is 6.45. The minimum Gasteiger partial charge on any atom is -0.372 e. The molecule has 0 unspecified atom stereocenters. The molecule has 1 N–H and O–H groups in total. The molecule has 2 aromatic carbocycles. The van der Waals surface area contributed by atoms with Gasteiger partial charge in [-0.2, -0.15) is 0 Å². The summed E-state index contributed by atoms with van der Waals surface area (Å²) in [5.41, 5.74) is 2.34. The highest BCUT2D eigenvalue weighted by atomic mass is 35.5. The van der Waals surface area contributed by atoms with Crippen molar-refractivity contribution in [2.75, 3.05) is 39.0 Å². The Balaban J connectivity index is 1.67. The van der Waals surface area contributed by atoms with Crippen molar-refractivity contribution in [1.29, 1.82) is 0 Å². The van der Waals surface area contributed by atoms with Crippen molar-refractivity contribution < 1.29 is 4.79 Å². The van der Waals surface area contributed by atoms with Gasteiger partial charge in [0, 0.05) is 42.0 Å². The monoisotopic (exact) mass is 464 g/mol. The predicted octanol–water partition coefficient (Wildman–Crippen LogP) is 3.77. The first kappa shape index (κ1) is 23.1. The smallest absolute Gasteiger partial charge is 0.258 e. The van der Waals surface area contributed by atoms with Gasteiger partial charge in [0.25, 0.3) is 5.56 Å². The summed E-state index contributed by atoms with van der Waals surface area (Å²) in [4.78, 5) is 29.2. The van der Waals surface area contributed by atoms with Crippen molar-refractivity contribution in [3.8, 4) is 0 Å². The average molecular weight is 465 g/mol. The molecule has 1 fully saturated rings. The number of hydrogen-bond donors (Lipinski definition) is 1. The molecule has 1 aliphatic rings. The highest BCUT2D eigenvalue weighted by Gasteiger charge is 2.47. The highest BCUT2D eigenvalue weighted by Crippen LogP contribution is 2.39. The SMILES string of the molecule is Cc1c(Cl)cccc1C1(Nc2ccc3ccn(C)c(=O)c3c2)CN(C(=O)/C=C/CN(C)C)C1. The number of pyridine rings is 1. The van der Waals surface area contributed by atoms with E-state index in [2.05, 4.69) is 11.4 Å². The summed E-state index contributed by atoms with van der Waals surface area (Å²) in [5, 5.41) is 5.88. The highest BCUT2D eigenvalue weighted by molar-refractivity contribution is 6.31. The molecule has 6 nitrogen and oxygen atoms in total. The van der Waals surface area contributed by atoms with Crippen molar-refractivity contribution in [1.82, 2.24) is 14.4 Å². The summed E-state index contributed by atoms with van der Waals surface area (Å²) in [6.45, 7) is 3.72. The number of aryl methyl sites for hydroxylation is 1. The minimum atomic E-state index is -0.492. The van der Waals surface area contributed by atoms with Gasteiger partial charge in [0.2, 0.25) is 5.91 Å². The zero-order chi connectivity index (χ0) is 23.8. The van der Waals surface area contributed by atoms with Crippen LogP contribution in [0.25, 0.3) is 10.8 Å². The molecule has 0 spiro atoms. The minimum absolute atomic E-state index is 0.0127. The van der Waals surface area contributed by atoms with Crippen LogP contribution in [0.2, 0.25) is 5.02 Å². The van der Waals surface area contributed by atoms with Crippen LogP contribution in [0.1, 0.15) is 11.1 Å². The molecule has 33 heavy (non-hydrogen) atoms. The number of carbonyl (C=O) groups is 1. The van der Waals surface area contributed by atoms with Crippen LogP contribution in [0.4, 0.5) is 5.69 Å². The number of nitrogens with one attached hydrogen (secondary N) is 1. The summed E-state index contributed by atoms with van der Waals surface area (Å²) in [6, 6.07) is 13.6. The van der Waals surface area contributed by atoms with E-state index >= 15 is 0 Å². The number of hydrogen-bond acceptors (Lipinski definition) is 4. The zero-order valence-electron chi connectivity index (χ0n) is 19.4. The van der Waals surface area contributed by atoms with Crippen molar-refractivity contribution in [2.45, 2.75) is 12.5 Å². The lowest BCUT2D eigenvalue weighted by molar-refractivity contribution is -0.132. The van der Waals surface area contributed by atoms with Crippen LogP contribution < -0.4 is 10.9 Å². The maximum absolute atomic E-state index is 12.7. The predicted molar refractivity (Wildman–Crippen MR) is 135 cm³/mol. The first-order valence-corrected chi connectivity index (χ1v) is 11.3. The van der Waals surface area contributed by atoms with Gasteiger partial charge >= 0.3 is 0 Å². The fraction of sp³-hybridized carbons (Fsp3) is 0.308. The van der Waals surface area contributed by atoms with Crippen LogP contribution >= 0.6 is 11.6 Å². The van der Waals surface area contributed by atoms with Crippen LogP contribution in [0, 0.1) is 6.92 Å². The molecule has 3 aromatic rings. The summed E-state index contributed by atoms with van der Waals surface area (Å²) < 4.78 is 1.58. The van der Waals surface area contributed by atoms with Crippen molar-refractivity contribution in [3.63, 3.8) is 0 Å². The Kier molecular flexibility index (Phi) is 6.32. The Morgan fingerprint density at radius 3 is 2.70 bits per heavy atom. The zero-order valence-corrected chi connectivity index (χ0v) is 20.2. The number of aromatic nitrogens is 1. The fourth-order valence-electron chi connectivity index (χ4n) is 4.36. The number of rotatable bonds is 6. The Labute approximate surface area is 199 Å². The lowest BCUT2D eigenvalue weighted by Gasteiger charge is -2.51. The van der Waals surface area contributed by atoms with Gasteiger partial charge in [-0.05, 0) is 61.8 Å². The molecule has 0 bridgehead atoms. The lowest BCUT2D eigenvalue weighted by Crippen LogP contribution is -2.65. The number of benzene rings is 2. The second-order valence-corrected chi connectivity index (χ2v) is 9.42. The third-order valence-corrected chi connectivity index (χ3v) is 6.62. The molecule has 1 aromatic heterocycles. The molecule has 1 saturated heterocycles. The van der Waals surface area contributed by atoms with Gasteiger partial charge in [-0.3, -0.25) is 9.59 Å². The number of likely N-dealkylation sites (tertiary alicyclic amines) is 1. The maximum Gasteiger partial charge on any atom is 0.258 e. The maximum atomic E-state index is 12.7. The first-order chi connectivity index (χ1) is 15.7. The molecule has 0 aliphatic carbocycles. The summed E-state index contributed by atoms with van der Waals surface area (Å²) in [7, 11) is 5.68. The van der Waals surface area contributed by atoms with E-state index in [9.17, 15) is 9.59 Å². The van der Waals surface area contributed by atoms with E-state index in [4.69, 9.17) is 11.6 Å². The first-order valence-electron chi connectivity index (χ1n) is 10.9. The summed E-state index contributed by atoms with van der Waals surface area (Å²) in [6.07, 6.45) is 5.28. The normalized spacial score (nSPS) is 15.3. The van der Waals surface area contributed by atoms with Gasteiger partial charge in [0.05, 0.1) is 18.6 Å². The van der Waals surface area contributed by atoms with Gasteiger partial charge in [-0.1, -0.05) is 35.9 Å². The van der Waals surface area contributed by atoms with E-state index in [0.717, 1.165) is 22.2 Å². The number of carbonyl (C=O) groups excluding carboxylic acids is 1. The number of halogens is 1. The van der Waals surface area contributed by atoms with Crippen molar-refractivity contribution >= 4 is 34.0 Å². The van der Waals surface area contributed by atoms with Gasteiger partial charge in [0.1, 0.15) is 0 Å². The summed E-state index contributed by atoms with van der Waals surface area (Å²) in [5.74, 6) is -0.0127. The van der Waals surface area contributed by atoms with Gasteiger partial charge in [-0.25, -0.2) is 0 Å². The molecule has 0 saturated carbocycles. The van der Waals surface area contributed by atoms with E-state index < -0.39 is 5.54 Å². The number of nitrogens with zero attached hydrogens (tertiary/aromatic N) is 3. The topological polar surface area (TPSA) is 57.6 Å². The average Bonchev–Trinajstić information content (AvgIpc) is 2.75. The van der Waals surface area contributed by atoms with E-state index in [1.54, 1.807) is 23.9 Å². The van der Waals surface area contributed by atoms with Crippen molar-refractivity contribution in [2.24, 2.45) is 7.05 Å². The van der Waals surface area contributed by atoms with Gasteiger partial charge < -0.3 is 19.7 Å². The number of fused-ring (bicyclic) bond motifs is 1. The molecule has 7 heteroatoms. The van der Waals surface area contributed by atoms with Gasteiger partial charge in [-0.15, -0.1) is 0 Å². The molecule has 4 rings (SSSR count). The largest absolute Gasteiger partial charge is 0.372 e. The molecule has 1 amide bonds. The second kappa shape index (κ2) is 9.04. The Hall–Kier alpha value is -3.09. The quantitative estimate of drug-likeness (QED) is 0.564. The van der Waals surface area contributed by atoms with Crippen LogP contribution in [-0.2, 0) is 17.4 Å². The Bertz CT molecular complexity index is 1290. The lowest BCUT2D eigenvalue weighted by atomic mass is 9.79. The Morgan fingerprint density at radius 1 is 1.21 bits per heavy atom. The van der Waals surface area contributed by atoms with E-state index in [1.165, 1.54) is 0 Å². The van der Waals surface area contributed by atoms with Crippen LogP contribution in [0.5, 0.6) is 0 Å². The standard InChI is InChI=1S/C26H29ClN4O2/c1-18-22(7-5-8-23(18)27)26(16-31(17-26)24(32)9-6-13-29(2)3)28-20-11-10-19-12-14-30(4)25(33)21(19)15-20/h5-12,14-15,28H,13,16-17H2,1-4H3/b9-6+. The molecule has 0 atom stereocenters.